The molecule has 2 N–H and O–H groups in total. The summed E-state index contributed by atoms with van der Waals surface area (Å²) < 4.78 is 5.45. The third-order valence-electron chi connectivity index (χ3n) is 5.64. The van der Waals surface area contributed by atoms with E-state index in [0.717, 1.165) is 17.1 Å². The fourth-order valence-corrected chi connectivity index (χ4v) is 4.04. The zero-order valence-corrected chi connectivity index (χ0v) is 17.5. The molecule has 1 aliphatic carbocycles. The Morgan fingerprint density at radius 2 is 1.16 bits per heavy atom. The largest absolute Gasteiger partial charge is 0.378 e. The van der Waals surface area contributed by atoms with Crippen LogP contribution in [0.25, 0.3) is 0 Å². The Balaban J connectivity index is 1.46. The third-order valence-corrected chi connectivity index (χ3v) is 5.64. The third kappa shape index (κ3) is 3.88. The van der Waals surface area contributed by atoms with Crippen LogP contribution in [0.4, 0.5) is 17.1 Å². The summed E-state index contributed by atoms with van der Waals surface area (Å²) in [6, 6.07) is 24.6. The fourth-order valence-electron chi connectivity index (χ4n) is 4.04. The van der Waals surface area contributed by atoms with Crippen LogP contribution in [0.1, 0.15) is 20.7 Å². The molecule has 0 bridgehead atoms. The van der Waals surface area contributed by atoms with Gasteiger partial charge in [-0.2, -0.15) is 0 Å². The number of carbonyl (C=O) groups excluding carboxylic acids is 2. The second-order valence-corrected chi connectivity index (χ2v) is 7.72. The Labute approximate surface area is 186 Å². The number of fused-ring (bicyclic) bond motifs is 1. The summed E-state index contributed by atoms with van der Waals surface area (Å²) in [6.45, 7) is 2.20. The highest BCUT2D eigenvalue weighted by molar-refractivity contribution is 6.27. The van der Waals surface area contributed by atoms with Gasteiger partial charge in [-0.3, -0.25) is 9.59 Å². The minimum Gasteiger partial charge on any atom is -0.378 e. The van der Waals surface area contributed by atoms with E-state index in [1.807, 2.05) is 59.5 Å². The molecule has 2 aliphatic rings. The van der Waals surface area contributed by atoms with Crippen molar-refractivity contribution in [3.8, 4) is 0 Å². The van der Waals surface area contributed by atoms with Crippen molar-refractivity contribution in [1.29, 1.82) is 0 Å². The molecular weight excluding hydrogens is 402 g/mol. The van der Waals surface area contributed by atoms with Crippen LogP contribution in [0.15, 0.2) is 90.3 Å². The van der Waals surface area contributed by atoms with Crippen LogP contribution in [0.2, 0.25) is 0 Å². The Bertz CT molecular complexity index is 1180. The first-order chi connectivity index (χ1) is 15.7. The van der Waals surface area contributed by atoms with Crippen molar-refractivity contribution in [1.82, 2.24) is 4.90 Å². The number of ketones is 2. The van der Waals surface area contributed by atoms with Gasteiger partial charge in [0.1, 0.15) is 11.4 Å². The first kappa shape index (κ1) is 20.0. The van der Waals surface area contributed by atoms with Crippen LogP contribution in [0, 0.1) is 0 Å². The normalized spacial score (nSPS) is 16.1. The molecule has 1 fully saturated rings. The summed E-state index contributed by atoms with van der Waals surface area (Å²) in [6.07, 6.45) is 0. The first-order valence-corrected chi connectivity index (χ1v) is 10.7. The van der Waals surface area contributed by atoms with E-state index < -0.39 is 0 Å². The molecule has 3 aromatic rings. The van der Waals surface area contributed by atoms with E-state index in [4.69, 9.17) is 4.74 Å². The number of benzene rings is 3. The highest BCUT2D eigenvalue weighted by atomic mass is 16.5. The molecular formula is C26H23N3O3. The zero-order valence-electron chi connectivity index (χ0n) is 17.5. The van der Waals surface area contributed by atoms with Gasteiger partial charge in [-0.25, -0.2) is 0 Å². The topological polar surface area (TPSA) is 70.7 Å². The van der Waals surface area contributed by atoms with Crippen molar-refractivity contribution in [3.63, 3.8) is 0 Å². The van der Waals surface area contributed by atoms with Crippen molar-refractivity contribution >= 4 is 28.6 Å². The minimum absolute atomic E-state index is 0.132. The number of allylic oxidation sites excluding steroid dienone is 2. The molecule has 0 unspecified atom stereocenters. The van der Waals surface area contributed by atoms with E-state index in [9.17, 15) is 9.59 Å². The Kier molecular flexibility index (Phi) is 5.44. The van der Waals surface area contributed by atoms with Gasteiger partial charge in [-0.1, -0.05) is 42.5 Å². The summed E-state index contributed by atoms with van der Waals surface area (Å²) in [5, 5.41) is 6.58. The number of hydrogen-bond acceptors (Lipinski definition) is 6. The average Bonchev–Trinajstić information content (AvgIpc) is 2.85. The van der Waals surface area contributed by atoms with E-state index in [-0.39, 0.29) is 11.6 Å². The summed E-state index contributed by atoms with van der Waals surface area (Å²) in [5.74, 6) is -0.305. The van der Waals surface area contributed by atoms with Gasteiger partial charge in [0.15, 0.2) is 0 Å². The number of anilines is 3. The van der Waals surface area contributed by atoms with E-state index in [1.165, 1.54) is 0 Å². The monoisotopic (exact) mass is 425 g/mol. The highest BCUT2D eigenvalue weighted by Gasteiger charge is 2.35. The molecule has 6 nitrogen and oxygen atoms in total. The SMILES string of the molecule is O=C1C(Nc2ccc(Nc3ccccc3)cc2)=C(N2CCOCC2)C(=O)c2ccccc21. The van der Waals surface area contributed by atoms with Crippen molar-refractivity contribution in [2.24, 2.45) is 0 Å². The van der Waals surface area contributed by atoms with Gasteiger partial charge in [0.05, 0.1) is 13.2 Å². The van der Waals surface area contributed by atoms with Crippen molar-refractivity contribution in [2.45, 2.75) is 0 Å². The number of rotatable bonds is 5. The maximum atomic E-state index is 13.4. The van der Waals surface area contributed by atoms with Crippen LogP contribution in [-0.4, -0.2) is 42.8 Å². The van der Waals surface area contributed by atoms with Crippen molar-refractivity contribution in [2.75, 3.05) is 36.9 Å². The van der Waals surface area contributed by atoms with E-state index in [2.05, 4.69) is 10.6 Å². The minimum atomic E-state index is -0.173. The van der Waals surface area contributed by atoms with Gasteiger partial charge in [0.25, 0.3) is 0 Å². The maximum absolute atomic E-state index is 13.4. The molecule has 1 saturated heterocycles. The van der Waals surface area contributed by atoms with Crippen LogP contribution in [-0.2, 0) is 4.74 Å². The predicted molar refractivity (Wildman–Crippen MR) is 124 cm³/mol. The summed E-state index contributed by atoms with van der Waals surface area (Å²) >= 11 is 0. The number of para-hydroxylation sites is 1. The second-order valence-electron chi connectivity index (χ2n) is 7.72. The fraction of sp³-hybridized carbons (Fsp3) is 0.154. The molecule has 6 heteroatoms. The molecule has 0 amide bonds. The quantitative estimate of drug-likeness (QED) is 0.629. The molecule has 32 heavy (non-hydrogen) atoms. The lowest BCUT2D eigenvalue weighted by molar-refractivity contribution is 0.0496. The molecule has 0 aromatic heterocycles. The number of Topliss-reactive ketones (excluding diaryl/α,β-unsaturated/α-hetero) is 2. The summed E-state index contributed by atoms with van der Waals surface area (Å²) in [5.41, 5.74) is 4.29. The van der Waals surface area contributed by atoms with Gasteiger partial charge >= 0.3 is 0 Å². The molecule has 5 rings (SSSR count). The van der Waals surface area contributed by atoms with Crippen LogP contribution < -0.4 is 10.6 Å². The Hall–Kier alpha value is -3.90. The molecule has 3 aromatic carbocycles. The Morgan fingerprint density at radius 1 is 0.625 bits per heavy atom. The van der Waals surface area contributed by atoms with Crippen LogP contribution >= 0.6 is 0 Å². The van der Waals surface area contributed by atoms with Gasteiger partial charge in [0, 0.05) is 41.3 Å². The maximum Gasteiger partial charge on any atom is 0.212 e. The molecule has 1 aliphatic heterocycles. The summed E-state index contributed by atoms with van der Waals surface area (Å²) in [7, 11) is 0. The van der Waals surface area contributed by atoms with Gasteiger partial charge in [-0.05, 0) is 36.4 Å². The molecule has 1 heterocycles. The van der Waals surface area contributed by atoms with Crippen LogP contribution in [0.5, 0.6) is 0 Å². The van der Waals surface area contributed by atoms with Gasteiger partial charge < -0.3 is 20.3 Å². The number of carbonyl (C=O) groups is 2. The van der Waals surface area contributed by atoms with E-state index >= 15 is 0 Å². The Morgan fingerprint density at radius 3 is 1.81 bits per heavy atom. The number of hydrogen-bond donors (Lipinski definition) is 2. The predicted octanol–water partition coefficient (Wildman–Crippen LogP) is 4.47. The van der Waals surface area contributed by atoms with Gasteiger partial charge in [-0.15, -0.1) is 0 Å². The molecule has 0 saturated carbocycles. The molecule has 0 radical (unpaired) electrons. The zero-order chi connectivity index (χ0) is 21.9. The molecule has 0 spiro atoms. The molecule has 160 valence electrons. The number of nitrogens with zero attached hydrogens (tertiary/aromatic N) is 1. The van der Waals surface area contributed by atoms with E-state index in [1.54, 1.807) is 24.3 Å². The lowest BCUT2D eigenvalue weighted by atomic mass is 9.89. The van der Waals surface area contributed by atoms with E-state index in [0.29, 0.717) is 48.8 Å². The molecule has 0 atom stereocenters. The van der Waals surface area contributed by atoms with Crippen molar-refractivity contribution in [3.05, 3.63) is 101 Å². The highest BCUT2D eigenvalue weighted by Crippen LogP contribution is 2.30. The average molecular weight is 425 g/mol. The summed E-state index contributed by atoms with van der Waals surface area (Å²) in [4.78, 5) is 28.7. The number of nitrogens with one attached hydrogen (secondary N) is 2. The van der Waals surface area contributed by atoms with Crippen molar-refractivity contribution < 1.29 is 14.3 Å². The number of ether oxygens (including phenoxy) is 1. The van der Waals surface area contributed by atoms with Crippen LogP contribution in [0.3, 0.4) is 0 Å². The second kappa shape index (κ2) is 8.69. The standard InChI is InChI=1S/C26H23N3O3/c30-25-21-8-4-5-9-22(21)26(31)24(29-14-16-32-17-15-29)23(25)28-20-12-10-19(11-13-20)27-18-6-2-1-3-7-18/h1-13,27-28H,14-17H2. The number of morpholine rings is 1. The smallest absolute Gasteiger partial charge is 0.212 e. The lowest BCUT2D eigenvalue weighted by Gasteiger charge is -2.34. The van der Waals surface area contributed by atoms with Gasteiger partial charge in [0.2, 0.25) is 11.6 Å². The first-order valence-electron chi connectivity index (χ1n) is 10.7. The lowest BCUT2D eigenvalue weighted by Crippen LogP contribution is -2.42.